The predicted octanol–water partition coefficient (Wildman–Crippen LogP) is 5.14. The lowest BCUT2D eigenvalue weighted by atomic mass is 9.99. The van der Waals surface area contributed by atoms with Gasteiger partial charge in [0, 0.05) is 43.0 Å². The van der Waals surface area contributed by atoms with Gasteiger partial charge in [-0.15, -0.1) is 11.8 Å². The summed E-state index contributed by atoms with van der Waals surface area (Å²) in [6.45, 7) is 0.646. The molecule has 1 aliphatic heterocycles. The van der Waals surface area contributed by atoms with Gasteiger partial charge in [-0.3, -0.25) is 14.5 Å². The van der Waals surface area contributed by atoms with E-state index in [0.29, 0.717) is 42.3 Å². The van der Waals surface area contributed by atoms with Gasteiger partial charge < -0.3 is 10.1 Å². The monoisotopic (exact) mass is 562 g/mol. The fraction of sp³-hybridized carbons (Fsp3) is 0.233. The second kappa shape index (κ2) is 12.4. The summed E-state index contributed by atoms with van der Waals surface area (Å²) in [5, 5.41) is 7.09. The molecule has 0 spiro atoms. The fourth-order valence-electron chi connectivity index (χ4n) is 4.68. The molecule has 0 radical (unpaired) electrons. The molecule has 2 amide bonds. The zero-order valence-corrected chi connectivity index (χ0v) is 22.7. The smallest absolute Gasteiger partial charge is 0.240 e. The molecule has 0 aliphatic carbocycles. The summed E-state index contributed by atoms with van der Waals surface area (Å²) < 4.78 is 35.9. The van der Waals surface area contributed by atoms with Crippen LogP contribution in [0.1, 0.15) is 22.8 Å². The number of nitrogens with one attached hydrogen (secondary N) is 1. The highest BCUT2D eigenvalue weighted by Gasteiger charge is 2.38. The number of thioether (sulfide) groups is 1. The normalized spacial score (nSPS) is 15.0. The van der Waals surface area contributed by atoms with Crippen molar-refractivity contribution in [2.45, 2.75) is 11.7 Å². The second-order valence-corrected chi connectivity index (χ2v) is 10.3. The van der Waals surface area contributed by atoms with Crippen molar-refractivity contribution >= 4 is 29.4 Å². The molecule has 5 rings (SSSR count). The summed E-state index contributed by atoms with van der Waals surface area (Å²) in [5.41, 5.74) is 2.78. The highest BCUT2D eigenvalue weighted by Crippen LogP contribution is 2.49. The molecule has 0 unspecified atom stereocenters. The maximum Gasteiger partial charge on any atom is 0.240 e. The van der Waals surface area contributed by atoms with Gasteiger partial charge in [0.1, 0.15) is 24.0 Å². The van der Waals surface area contributed by atoms with Crippen LogP contribution in [0.15, 0.2) is 78.9 Å². The quantitative estimate of drug-likeness (QED) is 0.286. The van der Waals surface area contributed by atoms with Gasteiger partial charge in [-0.05, 0) is 24.6 Å². The van der Waals surface area contributed by atoms with E-state index in [4.69, 9.17) is 9.84 Å². The number of benzene rings is 3. The number of carbonyl (C=O) groups is 2. The van der Waals surface area contributed by atoms with E-state index < -0.39 is 16.9 Å². The molecule has 0 saturated heterocycles. The minimum absolute atomic E-state index is 0.0177. The van der Waals surface area contributed by atoms with E-state index in [1.54, 1.807) is 11.8 Å². The summed E-state index contributed by atoms with van der Waals surface area (Å²) in [6.07, 6.45) is 0.628. The van der Waals surface area contributed by atoms with Crippen LogP contribution in [0.4, 0.5) is 14.6 Å². The molecule has 0 fully saturated rings. The van der Waals surface area contributed by atoms with Crippen LogP contribution in [-0.4, -0.2) is 54.2 Å². The van der Waals surface area contributed by atoms with Gasteiger partial charge in [0.05, 0.1) is 22.4 Å². The number of hydrogen-bond acceptors (Lipinski definition) is 5. The number of nitrogens with zero attached hydrogens (tertiary/aromatic N) is 3. The number of halogens is 2. The lowest BCUT2D eigenvalue weighted by molar-refractivity contribution is -0.122. The van der Waals surface area contributed by atoms with Crippen LogP contribution in [0, 0.1) is 11.6 Å². The van der Waals surface area contributed by atoms with Crippen molar-refractivity contribution in [1.29, 1.82) is 0 Å². The second-order valence-electron chi connectivity index (χ2n) is 9.23. The number of amides is 2. The standard InChI is InChI=1S/C30H28F2N4O3S/c1-39-16-8-15-33-25(37)18-35-26(38)19-40-29(23-14-13-21(31)17-24(23)32)27-28(20-9-4-2-5-10-20)34-36(30(27)35)22-11-6-3-7-12-22/h2-7,9-14,17,29H,8,15-16,18-19H2,1H3,(H,33,37)/t29-/m1/s1. The van der Waals surface area contributed by atoms with E-state index >= 15 is 4.39 Å². The molecular formula is C30H28F2N4O3S. The van der Waals surface area contributed by atoms with Crippen molar-refractivity contribution in [2.75, 3.05) is 37.5 Å². The molecule has 0 saturated carbocycles. The van der Waals surface area contributed by atoms with Crippen LogP contribution in [0.2, 0.25) is 0 Å². The molecule has 10 heteroatoms. The lowest BCUT2D eigenvalue weighted by Crippen LogP contribution is -2.42. The Kier molecular flexibility index (Phi) is 8.57. The first-order chi connectivity index (χ1) is 19.5. The molecule has 40 heavy (non-hydrogen) atoms. The molecule has 1 aliphatic rings. The van der Waals surface area contributed by atoms with Gasteiger partial charge in [-0.1, -0.05) is 54.6 Å². The van der Waals surface area contributed by atoms with Gasteiger partial charge in [-0.2, -0.15) is 5.10 Å². The fourth-order valence-corrected chi connectivity index (χ4v) is 5.90. The van der Waals surface area contributed by atoms with E-state index in [0.717, 1.165) is 11.6 Å². The Labute approximate surface area is 235 Å². The molecule has 206 valence electrons. The first kappa shape index (κ1) is 27.5. The maximum absolute atomic E-state index is 15.3. The number of para-hydroxylation sites is 1. The number of aromatic nitrogens is 2. The third-order valence-corrected chi connectivity index (χ3v) is 7.77. The maximum atomic E-state index is 15.3. The van der Waals surface area contributed by atoms with Gasteiger partial charge in [0.2, 0.25) is 11.8 Å². The van der Waals surface area contributed by atoms with E-state index in [2.05, 4.69) is 5.32 Å². The van der Waals surface area contributed by atoms with Crippen molar-refractivity contribution in [2.24, 2.45) is 0 Å². The summed E-state index contributed by atoms with van der Waals surface area (Å²) in [7, 11) is 1.59. The number of fused-ring (bicyclic) bond motifs is 1. The van der Waals surface area contributed by atoms with Crippen molar-refractivity contribution in [3.8, 4) is 16.9 Å². The Hall–Kier alpha value is -4.02. The van der Waals surface area contributed by atoms with Crippen molar-refractivity contribution in [1.82, 2.24) is 15.1 Å². The van der Waals surface area contributed by atoms with Crippen LogP contribution in [0.25, 0.3) is 16.9 Å². The third kappa shape index (κ3) is 5.78. The minimum Gasteiger partial charge on any atom is -0.385 e. The van der Waals surface area contributed by atoms with Crippen molar-refractivity contribution in [3.05, 3.63) is 102 Å². The van der Waals surface area contributed by atoms with Gasteiger partial charge in [-0.25, -0.2) is 13.5 Å². The first-order valence-corrected chi connectivity index (χ1v) is 13.9. The summed E-state index contributed by atoms with van der Waals surface area (Å²) in [5.74, 6) is -1.71. The molecule has 3 aromatic carbocycles. The molecule has 1 N–H and O–H groups in total. The van der Waals surface area contributed by atoms with Crippen LogP contribution >= 0.6 is 11.8 Å². The summed E-state index contributed by atoms with van der Waals surface area (Å²) in [4.78, 5) is 28.1. The van der Waals surface area contributed by atoms with Gasteiger partial charge in [0.15, 0.2) is 0 Å². The van der Waals surface area contributed by atoms with Gasteiger partial charge >= 0.3 is 0 Å². The number of methoxy groups -OCH3 is 1. The summed E-state index contributed by atoms with van der Waals surface area (Å²) >= 11 is 1.23. The molecule has 4 aromatic rings. The number of carbonyl (C=O) groups excluding carboxylic acids is 2. The number of hydrogen-bond donors (Lipinski definition) is 1. The first-order valence-electron chi connectivity index (χ1n) is 12.8. The van der Waals surface area contributed by atoms with Crippen LogP contribution in [0.5, 0.6) is 0 Å². The van der Waals surface area contributed by atoms with E-state index in [9.17, 15) is 14.0 Å². The Morgan fingerprint density at radius 2 is 1.80 bits per heavy atom. The molecule has 1 atom stereocenters. The van der Waals surface area contributed by atoms with Gasteiger partial charge in [0.25, 0.3) is 0 Å². The van der Waals surface area contributed by atoms with E-state index in [-0.39, 0.29) is 29.7 Å². The van der Waals surface area contributed by atoms with E-state index in [1.165, 1.54) is 28.8 Å². The minimum atomic E-state index is -0.716. The molecular weight excluding hydrogens is 534 g/mol. The number of ether oxygens (including phenoxy) is 1. The zero-order valence-electron chi connectivity index (χ0n) is 21.8. The van der Waals surface area contributed by atoms with Crippen LogP contribution < -0.4 is 10.2 Å². The largest absolute Gasteiger partial charge is 0.385 e. The highest BCUT2D eigenvalue weighted by atomic mass is 32.2. The van der Waals surface area contributed by atoms with Crippen LogP contribution in [-0.2, 0) is 14.3 Å². The Balaban J connectivity index is 1.71. The van der Waals surface area contributed by atoms with E-state index in [1.807, 2.05) is 60.7 Å². The Morgan fingerprint density at radius 3 is 2.50 bits per heavy atom. The SMILES string of the molecule is COCCCNC(=O)CN1C(=O)CS[C@H](c2ccc(F)cc2F)c2c(-c3ccccc3)nn(-c3ccccc3)c21. The predicted molar refractivity (Wildman–Crippen MR) is 152 cm³/mol. The Morgan fingerprint density at radius 1 is 1.07 bits per heavy atom. The molecule has 2 heterocycles. The van der Waals surface area contributed by atoms with Crippen LogP contribution in [0.3, 0.4) is 0 Å². The zero-order chi connectivity index (χ0) is 28.1. The average Bonchev–Trinajstić information content (AvgIpc) is 3.30. The molecule has 7 nitrogen and oxygen atoms in total. The topological polar surface area (TPSA) is 76.5 Å². The highest BCUT2D eigenvalue weighted by molar-refractivity contribution is 8.00. The number of rotatable bonds is 9. The van der Waals surface area contributed by atoms with Crippen molar-refractivity contribution < 1.29 is 23.1 Å². The lowest BCUT2D eigenvalue weighted by Gasteiger charge is -2.23. The summed E-state index contributed by atoms with van der Waals surface area (Å²) in [6, 6.07) is 22.1. The number of anilines is 1. The Bertz CT molecular complexity index is 1500. The molecule has 1 aromatic heterocycles. The third-order valence-electron chi connectivity index (χ3n) is 6.53. The average molecular weight is 563 g/mol. The molecule has 0 bridgehead atoms. The van der Waals surface area contributed by atoms with Crippen molar-refractivity contribution in [3.63, 3.8) is 0 Å².